The second-order valence-corrected chi connectivity index (χ2v) is 8.53. The van der Waals surface area contributed by atoms with Gasteiger partial charge in [-0.1, -0.05) is 62.4 Å². The van der Waals surface area contributed by atoms with Gasteiger partial charge in [0, 0.05) is 12.5 Å². The Morgan fingerprint density at radius 3 is 2.12 bits per heavy atom. The lowest BCUT2D eigenvalue weighted by molar-refractivity contribution is -0.145. The number of carboxylic acids is 1. The van der Waals surface area contributed by atoms with Crippen molar-refractivity contribution in [2.75, 3.05) is 26.3 Å². The van der Waals surface area contributed by atoms with Crippen LogP contribution in [0.1, 0.15) is 37.3 Å². The molecule has 0 aromatic heterocycles. The van der Waals surface area contributed by atoms with Gasteiger partial charge >= 0.3 is 12.1 Å². The first-order chi connectivity index (χ1) is 15.8. The van der Waals surface area contributed by atoms with E-state index < -0.39 is 30.6 Å². The van der Waals surface area contributed by atoms with Crippen molar-refractivity contribution in [2.24, 2.45) is 5.92 Å². The maximum Gasteiger partial charge on any atom is 0.407 e. The van der Waals surface area contributed by atoms with Crippen LogP contribution in [0.5, 0.6) is 0 Å². The average Bonchev–Trinajstić information content (AvgIpc) is 3.09. The lowest BCUT2D eigenvalue weighted by atomic mass is 9.98. The van der Waals surface area contributed by atoms with Crippen molar-refractivity contribution in [3.63, 3.8) is 0 Å². The Morgan fingerprint density at radius 1 is 1.03 bits per heavy atom. The molecule has 0 radical (unpaired) electrons. The van der Waals surface area contributed by atoms with Crippen LogP contribution in [0.25, 0.3) is 11.1 Å². The van der Waals surface area contributed by atoms with Crippen LogP contribution in [0, 0.1) is 5.92 Å². The Kier molecular flexibility index (Phi) is 8.06. The first-order valence-electron chi connectivity index (χ1n) is 11.0. The Morgan fingerprint density at radius 2 is 1.61 bits per heavy atom. The number of aliphatic carboxylic acids is 1. The number of hydrogen-bond acceptors (Lipinski definition) is 5. The molecule has 176 valence electrons. The molecular weight excluding hydrogens is 424 g/mol. The summed E-state index contributed by atoms with van der Waals surface area (Å²) in [5.74, 6) is -1.80. The van der Waals surface area contributed by atoms with Gasteiger partial charge in [0.15, 0.2) is 0 Å². The molecule has 0 bridgehead atoms. The van der Waals surface area contributed by atoms with Gasteiger partial charge < -0.3 is 25.2 Å². The van der Waals surface area contributed by atoms with Gasteiger partial charge in [0.05, 0.1) is 6.61 Å². The lowest BCUT2D eigenvalue weighted by Gasteiger charge is -2.27. The molecule has 2 aromatic carbocycles. The summed E-state index contributed by atoms with van der Waals surface area (Å²) in [6.45, 7) is 2.84. The van der Waals surface area contributed by atoms with Crippen LogP contribution in [-0.4, -0.2) is 65.4 Å². The number of carbonyl (C=O) groups is 3. The number of rotatable bonds is 10. The fourth-order valence-corrected chi connectivity index (χ4v) is 4.25. The van der Waals surface area contributed by atoms with Gasteiger partial charge in [-0.05, 0) is 34.6 Å². The van der Waals surface area contributed by atoms with E-state index in [2.05, 4.69) is 5.32 Å². The minimum atomic E-state index is -1.19. The summed E-state index contributed by atoms with van der Waals surface area (Å²) >= 11 is 0. The molecule has 0 spiro atoms. The molecule has 1 aliphatic carbocycles. The van der Waals surface area contributed by atoms with Crippen LogP contribution in [0.15, 0.2) is 48.5 Å². The monoisotopic (exact) mass is 454 g/mol. The Labute approximate surface area is 193 Å². The predicted octanol–water partition coefficient (Wildman–Crippen LogP) is 2.85. The van der Waals surface area contributed by atoms with Crippen LogP contribution in [0.2, 0.25) is 0 Å². The summed E-state index contributed by atoms with van der Waals surface area (Å²) in [4.78, 5) is 37.7. The van der Waals surface area contributed by atoms with E-state index in [0.717, 1.165) is 27.2 Å². The molecule has 8 heteroatoms. The molecule has 3 rings (SSSR count). The summed E-state index contributed by atoms with van der Waals surface area (Å²) in [6.07, 6.45) is -0.431. The third-order valence-corrected chi connectivity index (χ3v) is 5.65. The van der Waals surface area contributed by atoms with Gasteiger partial charge in [0.25, 0.3) is 0 Å². The number of carboxylic acid groups (broad SMARTS) is 1. The molecule has 33 heavy (non-hydrogen) atoms. The van der Waals surface area contributed by atoms with Crippen molar-refractivity contribution in [1.29, 1.82) is 0 Å². The highest BCUT2D eigenvalue weighted by Crippen LogP contribution is 2.44. The fourth-order valence-electron chi connectivity index (χ4n) is 4.25. The van der Waals surface area contributed by atoms with Gasteiger partial charge in [-0.2, -0.15) is 0 Å². The van der Waals surface area contributed by atoms with Crippen LogP contribution in [-0.2, 0) is 14.3 Å². The number of aliphatic hydroxyl groups is 1. The Balaban J connectivity index is 1.70. The molecule has 3 N–H and O–H groups in total. The smallest absolute Gasteiger partial charge is 0.407 e. The number of fused-ring (bicyclic) bond motifs is 3. The van der Waals surface area contributed by atoms with E-state index in [1.807, 2.05) is 62.4 Å². The normalized spacial score (nSPS) is 13.2. The molecule has 1 atom stereocenters. The molecule has 0 saturated carbocycles. The van der Waals surface area contributed by atoms with Crippen molar-refractivity contribution in [3.8, 4) is 11.1 Å². The first kappa shape index (κ1) is 24.3. The van der Waals surface area contributed by atoms with Crippen LogP contribution in [0.3, 0.4) is 0 Å². The average molecular weight is 455 g/mol. The predicted molar refractivity (Wildman–Crippen MR) is 123 cm³/mol. The molecule has 0 heterocycles. The third kappa shape index (κ3) is 5.90. The third-order valence-electron chi connectivity index (χ3n) is 5.65. The van der Waals surface area contributed by atoms with Crippen molar-refractivity contribution in [3.05, 3.63) is 59.7 Å². The maximum absolute atomic E-state index is 12.9. The van der Waals surface area contributed by atoms with E-state index in [9.17, 15) is 19.5 Å². The highest BCUT2D eigenvalue weighted by atomic mass is 16.5. The van der Waals surface area contributed by atoms with E-state index in [1.54, 1.807) is 0 Å². The number of ether oxygens (including phenoxy) is 1. The second-order valence-electron chi connectivity index (χ2n) is 8.53. The molecule has 1 aliphatic rings. The first-order valence-corrected chi connectivity index (χ1v) is 11.0. The lowest BCUT2D eigenvalue weighted by Crippen LogP contribution is -2.51. The fraction of sp³-hybridized carbons (Fsp3) is 0.400. The van der Waals surface area contributed by atoms with Gasteiger partial charge in [-0.15, -0.1) is 0 Å². The number of alkyl carbamates (subject to hydrolysis) is 1. The van der Waals surface area contributed by atoms with E-state index in [-0.39, 0.29) is 31.6 Å². The standard InChI is InChI=1S/C25H30N2O6/c1-16(2)13-22(24(31)27(11-12-28)14-23(29)30)26-25(32)33-15-21-19-9-5-3-7-17(19)18-8-4-6-10-20(18)21/h3-10,16,21-22,28H,11-15H2,1-2H3,(H,26,32)(H,29,30)/t22-/m0/s1. The van der Waals surface area contributed by atoms with Crippen molar-refractivity contribution in [1.82, 2.24) is 10.2 Å². The van der Waals surface area contributed by atoms with Crippen molar-refractivity contribution in [2.45, 2.75) is 32.2 Å². The van der Waals surface area contributed by atoms with E-state index in [1.165, 1.54) is 0 Å². The van der Waals surface area contributed by atoms with Crippen LogP contribution in [0.4, 0.5) is 4.79 Å². The zero-order valence-electron chi connectivity index (χ0n) is 18.9. The topological polar surface area (TPSA) is 116 Å². The van der Waals surface area contributed by atoms with E-state index in [4.69, 9.17) is 9.84 Å². The van der Waals surface area contributed by atoms with Gasteiger partial charge in [0.2, 0.25) is 5.91 Å². The van der Waals surface area contributed by atoms with Gasteiger partial charge in [0.1, 0.15) is 19.2 Å². The quantitative estimate of drug-likeness (QED) is 0.508. The minimum Gasteiger partial charge on any atom is -0.480 e. The van der Waals surface area contributed by atoms with Crippen molar-refractivity contribution < 1.29 is 29.3 Å². The summed E-state index contributed by atoms with van der Waals surface area (Å²) in [5.41, 5.74) is 4.39. The Bertz CT molecular complexity index is 960. The van der Waals surface area contributed by atoms with Gasteiger partial charge in [-0.25, -0.2) is 4.79 Å². The zero-order chi connectivity index (χ0) is 24.0. The molecule has 0 aliphatic heterocycles. The van der Waals surface area contributed by atoms with E-state index >= 15 is 0 Å². The molecule has 2 amide bonds. The number of nitrogens with zero attached hydrogens (tertiary/aromatic N) is 1. The number of amides is 2. The summed E-state index contributed by atoms with van der Waals surface area (Å²) in [7, 11) is 0. The van der Waals surface area contributed by atoms with Gasteiger partial charge in [-0.3, -0.25) is 9.59 Å². The number of carbonyl (C=O) groups excluding carboxylic acids is 2. The zero-order valence-corrected chi connectivity index (χ0v) is 18.9. The maximum atomic E-state index is 12.9. The SMILES string of the molecule is CC(C)C[C@H](NC(=O)OCC1c2ccccc2-c2ccccc21)C(=O)N(CCO)CC(=O)O. The summed E-state index contributed by atoms with van der Waals surface area (Å²) in [6, 6.07) is 15.0. The Hall–Kier alpha value is -3.39. The largest absolute Gasteiger partial charge is 0.480 e. The molecule has 0 fully saturated rings. The molecule has 0 saturated heterocycles. The molecule has 0 unspecified atom stereocenters. The number of benzene rings is 2. The molecule has 8 nitrogen and oxygen atoms in total. The molecular formula is C25H30N2O6. The minimum absolute atomic E-state index is 0.0636. The highest BCUT2D eigenvalue weighted by molar-refractivity contribution is 5.88. The summed E-state index contributed by atoms with van der Waals surface area (Å²) < 4.78 is 5.54. The van der Waals surface area contributed by atoms with E-state index in [0.29, 0.717) is 6.42 Å². The van der Waals surface area contributed by atoms with Crippen LogP contribution < -0.4 is 5.32 Å². The number of nitrogens with one attached hydrogen (secondary N) is 1. The van der Waals surface area contributed by atoms with Crippen molar-refractivity contribution >= 4 is 18.0 Å². The number of hydrogen-bond donors (Lipinski definition) is 3. The second kappa shape index (κ2) is 11.0. The van der Waals surface area contributed by atoms with Crippen LogP contribution >= 0.6 is 0 Å². The number of aliphatic hydroxyl groups excluding tert-OH is 1. The highest BCUT2D eigenvalue weighted by Gasteiger charge is 2.31. The summed E-state index contributed by atoms with van der Waals surface area (Å²) in [5, 5.41) is 20.9. The molecule has 2 aromatic rings.